The highest BCUT2D eigenvalue weighted by Gasteiger charge is 2.34. The maximum atomic E-state index is 5.04. The smallest absolute Gasteiger partial charge is 0.210 e. The Morgan fingerprint density at radius 3 is 2.38 bits per heavy atom. The van der Waals surface area contributed by atoms with E-state index in [1.807, 2.05) is 0 Å². The van der Waals surface area contributed by atoms with Crippen molar-refractivity contribution in [1.29, 1.82) is 0 Å². The minimum Gasteiger partial charge on any atom is -0.376 e. The van der Waals surface area contributed by atoms with Crippen molar-refractivity contribution >= 4 is 0 Å². The summed E-state index contributed by atoms with van der Waals surface area (Å²) in [7, 11) is 0. The first-order chi connectivity index (χ1) is 3.97. The number of hydrogen-bond donors (Lipinski definition) is 0. The molecule has 0 N–H and O–H groups in total. The number of fused-ring (bicyclic) bond motifs is 1. The fourth-order valence-electron chi connectivity index (χ4n) is 0.944. The summed E-state index contributed by atoms with van der Waals surface area (Å²) in [6, 6.07) is 0. The number of ether oxygens (including phenoxy) is 3. The molecule has 0 bridgehead atoms. The van der Waals surface area contributed by atoms with Gasteiger partial charge in [0, 0.05) is 0 Å². The summed E-state index contributed by atoms with van der Waals surface area (Å²) in [5.41, 5.74) is 0. The van der Waals surface area contributed by atoms with Gasteiger partial charge >= 0.3 is 0 Å². The highest BCUT2D eigenvalue weighted by molar-refractivity contribution is 4.81. The third kappa shape index (κ3) is 0.555. The fourth-order valence-corrected chi connectivity index (χ4v) is 0.944. The van der Waals surface area contributed by atoms with E-state index in [1.165, 1.54) is 6.79 Å². The molecule has 45 valence electrons. The fraction of sp³-hybridized carbons (Fsp3) is 0.800. The third-order valence-corrected chi connectivity index (χ3v) is 1.44. The molecular formula is C5H7O3. The lowest BCUT2D eigenvalue weighted by Gasteiger charge is -1.98. The van der Waals surface area contributed by atoms with Gasteiger partial charge in [-0.05, 0) is 0 Å². The maximum absolute atomic E-state index is 5.04. The second-order valence-corrected chi connectivity index (χ2v) is 1.98. The van der Waals surface area contributed by atoms with Gasteiger partial charge in [0.05, 0.1) is 13.2 Å². The molecule has 0 aromatic heterocycles. The van der Waals surface area contributed by atoms with Crippen molar-refractivity contribution < 1.29 is 14.2 Å². The van der Waals surface area contributed by atoms with Gasteiger partial charge in [-0.25, -0.2) is 0 Å². The number of rotatable bonds is 0. The summed E-state index contributed by atoms with van der Waals surface area (Å²) in [4.78, 5) is 0. The second-order valence-electron chi connectivity index (χ2n) is 1.98. The average Bonchev–Trinajstić information content (AvgIpc) is 2.15. The summed E-state index contributed by atoms with van der Waals surface area (Å²) in [5, 5.41) is 0. The third-order valence-electron chi connectivity index (χ3n) is 1.44. The van der Waals surface area contributed by atoms with Crippen LogP contribution in [-0.4, -0.2) is 25.4 Å². The van der Waals surface area contributed by atoms with Gasteiger partial charge in [0.15, 0.2) is 0 Å². The predicted molar refractivity (Wildman–Crippen MR) is 24.9 cm³/mol. The van der Waals surface area contributed by atoms with E-state index in [1.54, 1.807) is 0 Å². The molecular weight excluding hydrogens is 108 g/mol. The summed E-state index contributed by atoms with van der Waals surface area (Å²) >= 11 is 0. The molecule has 2 atom stereocenters. The van der Waals surface area contributed by atoms with Gasteiger partial charge < -0.3 is 14.2 Å². The highest BCUT2D eigenvalue weighted by atomic mass is 16.7. The molecule has 2 aliphatic rings. The van der Waals surface area contributed by atoms with Crippen LogP contribution in [0.3, 0.4) is 0 Å². The zero-order valence-corrected chi connectivity index (χ0v) is 4.37. The van der Waals surface area contributed by atoms with Crippen LogP contribution in [0.1, 0.15) is 0 Å². The SMILES string of the molecule is [CH]1OC2COCC2O1. The van der Waals surface area contributed by atoms with Crippen LogP contribution in [0.15, 0.2) is 0 Å². The van der Waals surface area contributed by atoms with Gasteiger partial charge in [-0.3, -0.25) is 0 Å². The molecule has 2 saturated heterocycles. The maximum Gasteiger partial charge on any atom is 0.210 e. The second kappa shape index (κ2) is 1.69. The lowest BCUT2D eigenvalue weighted by molar-refractivity contribution is 0.0457. The van der Waals surface area contributed by atoms with Crippen molar-refractivity contribution in [3.8, 4) is 0 Å². The van der Waals surface area contributed by atoms with Crippen LogP contribution in [0.2, 0.25) is 0 Å². The van der Waals surface area contributed by atoms with E-state index < -0.39 is 0 Å². The van der Waals surface area contributed by atoms with Crippen molar-refractivity contribution in [3.05, 3.63) is 6.79 Å². The van der Waals surface area contributed by atoms with E-state index in [0.29, 0.717) is 13.2 Å². The first-order valence-electron chi connectivity index (χ1n) is 2.67. The van der Waals surface area contributed by atoms with Crippen molar-refractivity contribution in [3.63, 3.8) is 0 Å². The molecule has 0 amide bonds. The molecule has 3 heteroatoms. The molecule has 2 fully saturated rings. The largest absolute Gasteiger partial charge is 0.376 e. The van der Waals surface area contributed by atoms with E-state index in [0.717, 1.165) is 0 Å². The van der Waals surface area contributed by atoms with Crippen molar-refractivity contribution in [1.82, 2.24) is 0 Å². The van der Waals surface area contributed by atoms with Crippen molar-refractivity contribution in [2.75, 3.05) is 13.2 Å². The van der Waals surface area contributed by atoms with Crippen LogP contribution in [0, 0.1) is 6.79 Å². The molecule has 0 aromatic rings. The zero-order valence-electron chi connectivity index (χ0n) is 4.37. The lowest BCUT2D eigenvalue weighted by atomic mass is 10.3. The topological polar surface area (TPSA) is 27.7 Å². The molecule has 2 aliphatic heterocycles. The Balaban J connectivity index is 2.04. The minimum absolute atomic E-state index is 0.176. The molecule has 1 radical (unpaired) electrons. The molecule has 8 heavy (non-hydrogen) atoms. The Labute approximate surface area is 47.5 Å². The summed E-state index contributed by atoms with van der Waals surface area (Å²) in [6.45, 7) is 2.76. The standard InChI is InChI=1S/C5H7O3/c1-4-5(2-6-1)8-3-7-4/h3-5H,1-2H2. The van der Waals surface area contributed by atoms with Crippen LogP contribution in [0.5, 0.6) is 0 Å². The first-order valence-corrected chi connectivity index (χ1v) is 2.67. The van der Waals surface area contributed by atoms with Gasteiger partial charge in [-0.1, -0.05) is 0 Å². The Morgan fingerprint density at radius 2 is 1.75 bits per heavy atom. The minimum atomic E-state index is 0.176. The molecule has 0 aromatic carbocycles. The van der Waals surface area contributed by atoms with Crippen LogP contribution in [-0.2, 0) is 14.2 Å². The molecule has 2 rings (SSSR count). The van der Waals surface area contributed by atoms with Crippen molar-refractivity contribution in [2.45, 2.75) is 12.2 Å². The average molecular weight is 115 g/mol. The normalized spacial score (nSPS) is 45.0. The highest BCUT2D eigenvalue weighted by Crippen LogP contribution is 2.21. The molecule has 2 unspecified atom stereocenters. The van der Waals surface area contributed by atoms with Crippen LogP contribution >= 0.6 is 0 Å². The Morgan fingerprint density at radius 1 is 1.12 bits per heavy atom. The van der Waals surface area contributed by atoms with Crippen molar-refractivity contribution in [2.24, 2.45) is 0 Å². The van der Waals surface area contributed by atoms with Crippen LogP contribution in [0.25, 0.3) is 0 Å². The Hall–Kier alpha value is -0.120. The Bertz CT molecular complexity index is 73.7. The summed E-state index contributed by atoms with van der Waals surface area (Å²) in [6.07, 6.45) is 0.352. The quantitative estimate of drug-likeness (QED) is 0.442. The van der Waals surface area contributed by atoms with E-state index in [2.05, 4.69) is 0 Å². The molecule has 2 heterocycles. The van der Waals surface area contributed by atoms with E-state index in [-0.39, 0.29) is 12.2 Å². The van der Waals surface area contributed by atoms with Gasteiger partial charge in [0.25, 0.3) is 0 Å². The number of hydrogen-bond acceptors (Lipinski definition) is 3. The van der Waals surface area contributed by atoms with Gasteiger partial charge in [0.1, 0.15) is 12.2 Å². The molecule has 0 saturated carbocycles. The summed E-state index contributed by atoms with van der Waals surface area (Å²) < 4.78 is 15.1. The monoisotopic (exact) mass is 115 g/mol. The van der Waals surface area contributed by atoms with Crippen LogP contribution < -0.4 is 0 Å². The molecule has 0 spiro atoms. The molecule has 0 aliphatic carbocycles. The van der Waals surface area contributed by atoms with Gasteiger partial charge in [0.2, 0.25) is 6.79 Å². The predicted octanol–water partition coefficient (Wildman–Crippen LogP) is -0.0801. The van der Waals surface area contributed by atoms with E-state index >= 15 is 0 Å². The van der Waals surface area contributed by atoms with Gasteiger partial charge in [-0.2, -0.15) is 0 Å². The van der Waals surface area contributed by atoms with Gasteiger partial charge in [-0.15, -0.1) is 0 Å². The van der Waals surface area contributed by atoms with E-state index in [9.17, 15) is 0 Å². The molecule has 3 nitrogen and oxygen atoms in total. The van der Waals surface area contributed by atoms with E-state index in [4.69, 9.17) is 14.2 Å². The Kier molecular flexibility index (Phi) is 0.997. The zero-order chi connectivity index (χ0) is 5.40. The van der Waals surface area contributed by atoms with Crippen LogP contribution in [0.4, 0.5) is 0 Å². The summed E-state index contributed by atoms with van der Waals surface area (Å²) in [5.74, 6) is 0. The first kappa shape index (κ1) is 4.73. The lowest BCUT2D eigenvalue weighted by Crippen LogP contribution is -2.18.